The molecule has 0 radical (unpaired) electrons. The van der Waals surface area contributed by atoms with Gasteiger partial charge in [0.05, 0.1) is 6.54 Å². The summed E-state index contributed by atoms with van der Waals surface area (Å²) < 4.78 is 2.18. The fourth-order valence-electron chi connectivity index (χ4n) is 1.97. The van der Waals surface area contributed by atoms with Crippen LogP contribution in [0.25, 0.3) is 0 Å². The highest BCUT2D eigenvalue weighted by Gasteiger charge is 2.48. The molecular formula is C7H10N4. The first kappa shape index (κ1) is 5.71. The van der Waals surface area contributed by atoms with Crippen LogP contribution < -0.4 is 5.73 Å². The molecule has 1 aliphatic heterocycles. The van der Waals surface area contributed by atoms with E-state index in [0.717, 1.165) is 24.2 Å². The molecule has 0 spiro atoms. The number of hydrogen-bond acceptors (Lipinski definition) is 3. The van der Waals surface area contributed by atoms with Crippen molar-refractivity contribution in [3.05, 3.63) is 11.6 Å². The highest BCUT2D eigenvalue weighted by atomic mass is 15.3. The maximum Gasteiger partial charge on any atom is 0.146 e. The zero-order chi connectivity index (χ0) is 7.42. The lowest BCUT2D eigenvalue weighted by atomic mass is 10.4. The number of rotatable bonds is 1. The third-order valence-corrected chi connectivity index (χ3v) is 2.71. The molecule has 2 heterocycles. The van der Waals surface area contributed by atoms with Crippen LogP contribution in [-0.2, 0) is 13.1 Å². The Morgan fingerprint density at radius 2 is 2.45 bits per heavy atom. The van der Waals surface area contributed by atoms with Crippen molar-refractivity contribution < 1.29 is 0 Å². The topological polar surface area (TPSA) is 56.7 Å². The number of nitrogens with zero attached hydrogens (tertiary/aromatic N) is 3. The maximum absolute atomic E-state index is 5.50. The smallest absolute Gasteiger partial charge is 0.146 e. The van der Waals surface area contributed by atoms with Gasteiger partial charge < -0.3 is 10.3 Å². The Bertz CT molecular complexity index is 303. The molecular weight excluding hydrogens is 140 g/mol. The lowest BCUT2D eigenvalue weighted by Gasteiger charge is -2.00. The largest absolute Gasteiger partial charge is 0.324 e. The van der Waals surface area contributed by atoms with E-state index in [2.05, 4.69) is 14.8 Å². The molecule has 2 atom stereocenters. The number of aromatic nitrogens is 3. The highest BCUT2D eigenvalue weighted by molar-refractivity contribution is 5.18. The molecule has 0 aromatic carbocycles. The molecule has 2 aliphatic rings. The van der Waals surface area contributed by atoms with Crippen LogP contribution in [0.15, 0.2) is 0 Å². The van der Waals surface area contributed by atoms with Gasteiger partial charge in [0.2, 0.25) is 0 Å². The molecule has 58 valence electrons. The summed E-state index contributed by atoms with van der Waals surface area (Å²) in [5.41, 5.74) is 5.50. The fourth-order valence-corrected chi connectivity index (χ4v) is 1.97. The zero-order valence-corrected chi connectivity index (χ0v) is 6.20. The van der Waals surface area contributed by atoms with Crippen LogP contribution in [0.5, 0.6) is 0 Å². The van der Waals surface area contributed by atoms with Gasteiger partial charge in [-0.25, -0.2) is 0 Å². The second-order valence-electron chi connectivity index (χ2n) is 3.39. The Morgan fingerprint density at radius 3 is 3.27 bits per heavy atom. The second kappa shape index (κ2) is 1.64. The van der Waals surface area contributed by atoms with Crippen LogP contribution in [0.1, 0.15) is 24.0 Å². The van der Waals surface area contributed by atoms with Crippen LogP contribution in [0.2, 0.25) is 0 Å². The summed E-state index contributed by atoms with van der Waals surface area (Å²) in [6.07, 6.45) is 1.32. The summed E-state index contributed by atoms with van der Waals surface area (Å²) in [5, 5.41) is 8.14. The first-order valence-corrected chi connectivity index (χ1v) is 4.02. The van der Waals surface area contributed by atoms with Gasteiger partial charge in [0.25, 0.3) is 0 Å². The van der Waals surface area contributed by atoms with Crippen LogP contribution in [0.4, 0.5) is 0 Å². The summed E-state index contributed by atoms with van der Waals surface area (Å²) >= 11 is 0. The van der Waals surface area contributed by atoms with Gasteiger partial charge in [-0.3, -0.25) is 0 Å². The van der Waals surface area contributed by atoms with Gasteiger partial charge in [-0.05, 0) is 12.3 Å². The van der Waals surface area contributed by atoms with Gasteiger partial charge in [-0.15, -0.1) is 10.2 Å². The molecule has 2 N–H and O–H groups in total. The molecule has 11 heavy (non-hydrogen) atoms. The molecule has 4 nitrogen and oxygen atoms in total. The monoisotopic (exact) mass is 150 g/mol. The third-order valence-electron chi connectivity index (χ3n) is 2.71. The predicted molar refractivity (Wildman–Crippen MR) is 38.8 cm³/mol. The fraction of sp³-hybridized carbons (Fsp3) is 0.714. The standard InChI is InChI=1S/C7H10N4/c8-2-6-9-10-7-5-1-4(5)3-11(6)7/h4-5H,1-3,8H2/t4-,5-/m1/s1. The van der Waals surface area contributed by atoms with E-state index in [1.165, 1.54) is 12.2 Å². The molecule has 4 heteroatoms. The first-order valence-electron chi connectivity index (χ1n) is 4.02. The number of nitrogens with two attached hydrogens (primary N) is 1. The lowest BCUT2D eigenvalue weighted by molar-refractivity contribution is 0.630. The molecule has 0 saturated heterocycles. The van der Waals surface area contributed by atoms with Gasteiger partial charge in [0.1, 0.15) is 11.6 Å². The van der Waals surface area contributed by atoms with Crippen molar-refractivity contribution in [3.8, 4) is 0 Å². The van der Waals surface area contributed by atoms with Crippen LogP contribution in [0, 0.1) is 5.92 Å². The second-order valence-corrected chi connectivity index (χ2v) is 3.39. The molecule has 1 fully saturated rings. The molecule has 1 aliphatic carbocycles. The van der Waals surface area contributed by atoms with Crippen molar-refractivity contribution in [1.82, 2.24) is 14.8 Å². The van der Waals surface area contributed by atoms with Crippen LogP contribution >= 0.6 is 0 Å². The molecule has 1 saturated carbocycles. The summed E-state index contributed by atoms with van der Waals surface area (Å²) in [5.74, 6) is 3.72. The SMILES string of the molecule is NCc1nnc2n1C[C@H]1C[C@@H]21. The van der Waals surface area contributed by atoms with Gasteiger partial charge in [-0.2, -0.15) is 0 Å². The van der Waals surface area contributed by atoms with Gasteiger partial charge >= 0.3 is 0 Å². The number of hydrogen-bond donors (Lipinski definition) is 1. The molecule has 0 bridgehead atoms. The normalized spacial score (nSPS) is 31.7. The van der Waals surface area contributed by atoms with Gasteiger partial charge in [0.15, 0.2) is 0 Å². The zero-order valence-electron chi connectivity index (χ0n) is 6.20. The Morgan fingerprint density at radius 1 is 1.55 bits per heavy atom. The van der Waals surface area contributed by atoms with Crippen molar-refractivity contribution in [1.29, 1.82) is 0 Å². The Balaban J connectivity index is 2.12. The van der Waals surface area contributed by atoms with E-state index >= 15 is 0 Å². The Kier molecular flexibility index (Phi) is 0.850. The Hall–Kier alpha value is -0.900. The average Bonchev–Trinajstić information content (AvgIpc) is 2.55. The quantitative estimate of drug-likeness (QED) is 0.606. The minimum Gasteiger partial charge on any atom is -0.324 e. The van der Waals surface area contributed by atoms with Crippen LogP contribution in [-0.4, -0.2) is 14.8 Å². The van der Waals surface area contributed by atoms with Crippen molar-refractivity contribution in [2.24, 2.45) is 11.7 Å². The summed E-state index contributed by atoms with van der Waals surface area (Å²) in [7, 11) is 0. The molecule has 0 unspecified atom stereocenters. The minimum atomic E-state index is 0.520. The van der Waals surface area contributed by atoms with E-state index in [0.29, 0.717) is 6.54 Å². The summed E-state index contributed by atoms with van der Waals surface area (Å²) in [4.78, 5) is 0. The Labute approximate surface area is 64.4 Å². The minimum absolute atomic E-state index is 0.520. The molecule has 0 amide bonds. The summed E-state index contributed by atoms with van der Waals surface area (Å²) in [6.45, 7) is 1.63. The highest BCUT2D eigenvalue weighted by Crippen LogP contribution is 2.52. The van der Waals surface area contributed by atoms with E-state index in [1.807, 2.05) is 0 Å². The molecule has 1 aromatic heterocycles. The van der Waals surface area contributed by atoms with E-state index in [4.69, 9.17) is 5.73 Å². The predicted octanol–water partition coefficient (Wildman–Crippen LogP) is -0.146. The van der Waals surface area contributed by atoms with Crippen LogP contribution in [0.3, 0.4) is 0 Å². The van der Waals surface area contributed by atoms with E-state index in [1.54, 1.807) is 0 Å². The van der Waals surface area contributed by atoms with E-state index < -0.39 is 0 Å². The summed E-state index contributed by atoms with van der Waals surface area (Å²) in [6, 6.07) is 0. The van der Waals surface area contributed by atoms with Crippen molar-refractivity contribution in [2.75, 3.05) is 0 Å². The molecule has 1 aromatic rings. The van der Waals surface area contributed by atoms with E-state index in [-0.39, 0.29) is 0 Å². The van der Waals surface area contributed by atoms with Crippen molar-refractivity contribution in [2.45, 2.75) is 25.4 Å². The lowest BCUT2D eigenvalue weighted by Crippen LogP contribution is -2.08. The maximum atomic E-state index is 5.50. The van der Waals surface area contributed by atoms with Crippen molar-refractivity contribution >= 4 is 0 Å². The van der Waals surface area contributed by atoms with Crippen molar-refractivity contribution in [3.63, 3.8) is 0 Å². The first-order chi connectivity index (χ1) is 5.40. The van der Waals surface area contributed by atoms with Gasteiger partial charge in [0, 0.05) is 12.5 Å². The third kappa shape index (κ3) is 0.581. The molecule has 3 rings (SSSR count). The average molecular weight is 150 g/mol. The van der Waals surface area contributed by atoms with E-state index in [9.17, 15) is 0 Å². The van der Waals surface area contributed by atoms with Gasteiger partial charge in [-0.1, -0.05) is 0 Å². The number of fused-ring (bicyclic) bond motifs is 3.